The van der Waals surface area contributed by atoms with Gasteiger partial charge in [0.2, 0.25) is 0 Å². The fraction of sp³-hybridized carbons (Fsp3) is 0.625. The van der Waals surface area contributed by atoms with Gasteiger partial charge in [-0.3, -0.25) is 0 Å². The summed E-state index contributed by atoms with van der Waals surface area (Å²) in [5, 5.41) is 0. The van der Waals surface area contributed by atoms with Crippen LogP contribution in [0, 0.1) is 0 Å². The summed E-state index contributed by atoms with van der Waals surface area (Å²) >= 11 is 0. The van der Waals surface area contributed by atoms with Gasteiger partial charge in [-0.25, -0.2) is 0 Å². The van der Waals surface area contributed by atoms with Crippen molar-refractivity contribution in [3.63, 3.8) is 0 Å². The van der Waals surface area contributed by atoms with Gasteiger partial charge in [0.25, 0.3) is 0 Å². The molecule has 3 nitrogen and oxygen atoms in total. The molecule has 0 saturated carbocycles. The number of nitrogens with two attached hydrogens (primary N) is 1. The molecule has 1 aliphatic rings. The highest BCUT2D eigenvalue weighted by molar-refractivity contribution is 5.39. The SMILES string of the molecule is CCCOC1CCCN(CCc2ccc(N)cc2)C1. The number of ether oxygens (including phenoxy) is 1. The van der Waals surface area contributed by atoms with Crippen LogP contribution in [0.1, 0.15) is 31.7 Å². The highest BCUT2D eigenvalue weighted by atomic mass is 16.5. The Labute approximate surface area is 116 Å². The Balaban J connectivity index is 1.74. The number of hydrogen-bond acceptors (Lipinski definition) is 3. The van der Waals surface area contributed by atoms with Crippen molar-refractivity contribution in [1.29, 1.82) is 0 Å². The number of likely N-dealkylation sites (tertiary alicyclic amines) is 1. The molecule has 1 aromatic rings. The van der Waals surface area contributed by atoms with E-state index in [0.717, 1.165) is 38.2 Å². The largest absolute Gasteiger partial charge is 0.399 e. The summed E-state index contributed by atoms with van der Waals surface area (Å²) in [5.41, 5.74) is 7.91. The number of anilines is 1. The molecule has 1 aliphatic heterocycles. The molecule has 106 valence electrons. The fourth-order valence-electron chi connectivity index (χ4n) is 2.61. The van der Waals surface area contributed by atoms with Crippen molar-refractivity contribution in [2.24, 2.45) is 0 Å². The summed E-state index contributed by atoms with van der Waals surface area (Å²) in [7, 11) is 0. The standard InChI is InChI=1S/C16H26N2O/c1-2-12-19-16-4-3-10-18(13-16)11-9-14-5-7-15(17)8-6-14/h5-8,16H,2-4,9-13,17H2,1H3. The Bertz CT molecular complexity index is 364. The molecular formula is C16H26N2O. The predicted octanol–water partition coefficient (Wildman–Crippen LogP) is 2.70. The van der Waals surface area contributed by atoms with Crippen molar-refractivity contribution < 1.29 is 4.74 Å². The molecule has 1 fully saturated rings. The average Bonchev–Trinajstić information content (AvgIpc) is 2.45. The zero-order chi connectivity index (χ0) is 13.5. The molecule has 1 aromatic carbocycles. The molecule has 1 heterocycles. The minimum absolute atomic E-state index is 0.445. The maximum atomic E-state index is 5.87. The molecule has 1 unspecified atom stereocenters. The number of hydrogen-bond donors (Lipinski definition) is 1. The first kappa shape index (κ1) is 14.4. The molecule has 0 aromatic heterocycles. The number of nitrogen functional groups attached to an aromatic ring is 1. The van der Waals surface area contributed by atoms with Crippen molar-refractivity contribution in [2.75, 3.05) is 32.0 Å². The zero-order valence-electron chi connectivity index (χ0n) is 12.0. The Hall–Kier alpha value is -1.06. The first-order valence-corrected chi connectivity index (χ1v) is 7.46. The number of piperidine rings is 1. The molecule has 0 aliphatic carbocycles. The lowest BCUT2D eigenvalue weighted by atomic mass is 10.1. The molecule has 0 amide bonds. The summed E-state index contributed by atoms with van der Waals surface area (Å²) in [4.78, 5) is 2.53. The Morgan fingerprint density at radius 3 is 2.84 bits per heavy atom. The van der Waals surface area contributed by atoms with Crippen molar-refractivity contribution in [3.05, 3.63) is 29.8 Å². The van der Waals surface area contributed by atoms with Crippen molar-refractivity contribution in [3.8, 4) is 0 Å². The Morgan fingerprint density at radius 2 is 2.11 bits per heavy atom. The summed E-state index contributed by atoms with van der Waals surface area (Å²) in [6, 6.07) is 8.23. The summed E-state index contributed by atoms with van der Waals surface area (Å²) in [6.45, 7) is 6.49. The molecule has 2 rings (SSSR count). The summed E-state index contributed by atoms with van der Waals surface area (Å²) in [5.74, 6) is 0. The second-order valence-electron chi connectivity index (χ2n) is 5.43. The van der Waals surface area contributed by atoms with Gasteiger partial charge >= 0.3 is 0 Å². The van der Waals surface area contributed by atoms with Crippen LogP contribution in [0.25, 0.3) is 0 Å². The van der Waals surface area contributed by atoms with Gasteiger partial charge in [0.05, 0.1) is 6.10 Å². The second-order valence-corrected chi connectivity index (χ2v) is 5.43. The highest BCUT2D eigenvalue weighted by Crippen LogP contribution is 2.14. The van der Waals surface area contributed by atoms with Crippen LogP contribution in [0.5, 0.6) is 0 Å². The van der Waals surface area contributed by atoms with E-state index in [0.29, 0.717) is 6.10 Å². The van der Waals surface area contributed by atoms with Crippen LogP contribution in [0.3, 0.4) is 0 Å². The molecule has 0 radical (unpaired) electrons. The molecular weight excluding hydrogens is 236 g/mol. The van der Waals surface area contributed by atoms with E-state index in [4.69, 9.17) is 10.5 Å². The van der Waals surface area contributed by atoms with Crippen molar-refractivity contribution in [2.45, 2.75) is 38.7 Å². The molecule has 0 spiro atoms. The highest BCUT2D eigenvalue weighted by Gasteiger charge is 2.19. The predicted molar refractivity (Wildman–Crippen MR) is 80.3 cm³/mol. The van der Waals surface area contributed by atoms with Gasteiger partial charge in [-0.1, -0.05) is 19.1 Å². The monoisotopic (exact) mass is 262 g/mol. The van der Waals surface area contributed by atoms with Gasteiger partial charge in [-0.05, 0) is 49.9 Å². The number of benzene rings is 1. The van der Waals surface area contributed by atoms with E-state index in [1.165, 1.54) is 24.9 Å². The van der Waals surface area contributed by atoms with E-state index in [1.54, 1.807) is 0 Å². The number of rotatable bonds is 6. The lowest BCUT2D eigenvalue weighted by Crippen LogP contribution is -2.40. The third-order valence-corrected chi connectivity index (χ3v) is 3.72. The first-order valence-electron chi connectivity index (χ1n) is 7.46. The molecule has 3 heteroatoms. The topological polar surface area (TPSA) is 38.5 Å². The van der Waals surface area contributed by atoms with E-state index in [-0.39, 0.29) is 0 Å². The molecule has 0 bridgehead atoms. The van der Waals surface area contributed by atoms with Crippen LogP contribution in [0.4, 0.5) is 5.69 Å². The smallest absolute Gasteiger partial charge is 0.0702 e. The third kappa shape index (κ3) is 4.84. The van der Waals surface area contributed by atoms with E-state index in [9.17, 15) is 0 Å². The van der Waals surface area contributed by atoms with Crippen molar-refractivity contribution in [1.82, 2.24) is 4.90 Å². The van der Waals surface area contributed by atoms with Gasteiger partial charge < -0.3 is 15.4 Å². The van der Waals surface area contributed by atoms with Crippen LogP contribution in [0.2, 0.25) is 0 Å². The Morgan fingerprint density at radius 1 is 1.32 bits per heavy atom. The van der Waals surface area contributed by atoms with Crippen molar-refractivity contribution >= 4 is 5.69 Å². The van der Waals surface area contributed by atoms with Crippen LogP contribution < -0.4 is 5.73 Å². The summed E-state index contributed by atoms with van der Waals surface area (Å²) in [6.07, 6.45) is 5.14. The lowest BCUT2D eigenvalue weighted by molar-refractivity contribution is 0.000325. The van der Waals surface area contributed by atoms with E-state index in [1.807, 2.05) is 12.1 Å². The first-order chi connectivity index (χ1) is 9.28. The van der Waals surface area contributed by atoms with Gasteiger partial charge in [0, 0.05) is 25.4 Å². The maximum absolute atomic E-state index is 5.87. The van der Waals surface area contributed by atoms with Crippen LogP contribution in [-0.4, -0.2) is 37.2 Å². The van der Waals surface area contributed by atoms with Gasteiger partial charge in [0.1, 0.15) is 0 Å². The average molecular weight is 262 g/mol. The zero-order valence-corrected chi connectivity index (χ0v) is 12.0. The quantitative estimate of drug-likeness (QED) is 0.801. The fourth-order valence-corrected chi connectivity index (χ4v) is 2.61. The van der Waals surface area contributed by atoms with Crippen LogP contribution in [-0.2, 0) is 11.2 Å². The van der Waals surface area contributed by atoms with Crippen LogP contribution >= 0.6 is 0 Å². The minimum Gasteiger partial charge on any atom is -0.399 e. The van der Waals surface area contributed by atoms with Crippen LogP contribution in [0.15, 0.2) is 24.3 Å². The second kappa shape index (κ2) is 7.51. The normalized spacial score (nSPS) is 20.6. The van der Waals surface area contributed by atoms with E-state index < -0.39 is 0 Å². The summed E-state index contributed by atoms with van der Waals surface area (Å²) < 4.78 is 5.87. The molecule has 1 saturated heterocycles. The van der Waals surface area contributed by atoms with Gasteiger partial charge in [-0.2, -0.15) is 0 Å². The molecule has 1 atom stereocenters. The Kier molecular flexibility index (Phi) is 5.67. The minimum atomic E-state index is 0.445. The van der Waals surface area contributed by atoms with E-state index in [2.05, 4.69) is 24.0 Å². The van der Waals surface area contributed by atoms with Gasteiger partial charge in [0.15, 0.2) is 0 Å². The third-order valence-electron chi connectivity index (χ3n) is 3.72. The maximum Gasteiger partial charge on any atom is 0.0702 e. The number of nitrogens with zero attached hydrogens (tertiary/aromatic N) is 1. The lowest BCUT2D eigenvalue weighted by Gasteiger charge is -2.32. The van der Waals surface area contributed by atoms with Gasteiger partial charge in [-0.15, -0.1) is 0 Å². The molecule has 19 heavy (non-hydrogen) atoms. The van der Waals surface area contributed by atoms with E-state index >= 15 is 0 Å². The molecule has 2 N–H and O–H groups in total.